The summed E-state index contributed by atoms with van der Waals surface area (Å²) in [6.45, 7) is 3.07. The smallest absolute Gasteiger partial charge is 0.0478 e. The van der Waals surface area contributed by atoms with Gasteiger partial charge in [-0.3, -0.25) is 0 Å². The number of thioether (sulfide) groups is 1. The molecule has 0 amide bonds. The van der Waals surface area contributed by atoms with Crippen molar-refractivity contribution in [1.29, 1.82) is 0 Å². The van der Waals surface area contributed by atoms with Crippen LogP contribution in [0, 0.1) is 0 Å². The number of hydrogen-bond donors (Lipinski definition) is 1. The van der Waals surface area contributed by atoms with E-state index in [4.69, 9.17) is 0 Å². The average Bonchev–Trinajstić information content (AvgIpc) is 2.53. The van der Waals surface area contributed by atoms with Crippen LogP contribution in [0.1, 0.15) is 12.5 Å². The van der Waals surface area contributed by atoms with Crippen molar-refractivity contribution >= 4 is 29.2 Å². The first-order valence-electron chi connectivity index (χ1n) is 7.60. The lowest BCUT2D eigenvalue weighted by atomic mass is 10.2. The second-order valence-corrected chi connectivity index (χ2v) is 6.29. The molecule has 0 aliphatic heterocycles. The van der Waals surface area contributed by atoms with Crippen LogP contribution in [-0.4, -0.2) is 26.4 Å². The van der Waals surface area contributed by atoms with Crippen molar-refractivity contribution in [2.24, 2.45) is 0 Å². The van der Waals surface area contributed by atoms with Gasteiger partial charge in [-0.05, 0) is 36.8 Å². The maximum absolute atomic E-state index is 3.40. The molecule has 2 aromatic rings. The van der Waals surface area contributed by atoms with Crippen molar-refractivity contribution in [3.63, 3.8) is 0 Å². The standard InChI is InChI=1S/C19H24N2S/c1-4-20-18-9-5-6-10-19(18)22-15-7-8-16-11-13-17(14-12-16)21(2)3/h5-14,20H,4,15H2,1-3H3. The van der Waals surface area contributed by atoms with Gasteiger partial charge < -0.3 is 10.2 Å². The van der Waals surface area contributed by atoms with E-state index in [1.165, 1.54) is 21.8 Å². The summed E-state index contributed by atoms with van der Waals surface area (Å²) in [7, 11) is 4.12. The van der Waals surface area contributed by atoms with E-state index in [1.807, 2.05) is 11.8 Å². The van der Waals surface area contributed by atoms with Crippen LogP contribution in [0.4, 0.5) is 11.4 Å². The fourth-order valence-electron chi connectivity index (χ4n) is 2.13. The molecule has 0 unspecified atom stereocenters. The topological polar surface area (TPSA) is 15.3 Å². The Bertz CT molecular complexity index is 603. The largest absolute Gasteiger partial charge is 0.384 e. The first kappa shape index (κ1) is 16.5. The normalized spacial score (nSPS) is 10.9. The summed E-state index contributed by atoms with van der Waals surface area (Å²) in [5.41, 5.74) is 3.69. The highest BCUT2D eigenvalue weighted by atomic mass is 32.2. The van der Waals surface area contributed by atoms with E-state index < -0.39 is 0 Å². The number of benzene rings is 2. The molecule has 0 aliphatic carbocycles. The molecule has 2 rings (SSSR count). The van der Waals surface area contributed by atoms with Gasteiger partial charge in [-0.1, -0.05) is 36.4 Å². The van der Waals surface area contributed by atoms with Crippen LogP contribution in [0.2, 0.25) is 0 Å². The third-order valence-electron chi connectivity index (χ3n) is 3.31. The van der Waals surface area contributed by atoms with Gasteiger partial charge >= 0.3 is 0 Å². The van der Waals surface area contributed by atoms with Crippen molar-refractivity contribution in [1.82, 2.24) is 0 Å². The molecule has 0 radical (unpaired) electrons. The predicted molar refractivity (Wildman–Crippen MR) is 101 cm³/mol. The van der Waals surface area contributed by atoms with Gasteiger partial charge in [0.15, 0.2) is 0 Å². The van der Waals surface area contributed by atoms with Gasteiger partial charge in [0.25, 0.3) is 0 Å². The molecule has 2 nitrogen and oxygen atoms in total. The van der Waals surface area contributed by atoms with Gasteiger partial charge in [0, 0.05) is 42.7 Å². The van der Waals surface area contributed by atoms with Crippen LogP contribution in [0.15, 0.2) is 59.5 Å². The van der Waals surface area contributed by atoms with Gasteiger partial charge in [0.2, 0.25) is 0 Å². The van der Waals surface area contributed by atoms with E-state index in [9.17, 15) is 0 Å². The molecule has 0 bridgehead atoms. The SMILES string of the molecule is CCNc1ccccc1SCC=Cc1ccc(N(C)C)cc1. The highest BCUT2D eigenvalue weighted by Gasteiger charge is 1.99. The summed E-state index contributed by atoms with van der Waals surface area (Å²) >= 11 is 1.86. The van der Waals surface area contributed by atoms with Crippen molar-refractivity contribution in [2.75, 3.05) is 36.6 Å². The fraction of sp³-hybridized carbons (Fsp3) is 0.263. The summed E-state index contributed by atoms with van der Waals surface area (Å²) in [6, 6.07) is 17.1. The van der Waals surface area contributed by atoms with Crippen LogP contribution in [-0.2, 0) is 0 Å². The minimum Gasteiger partial charge on any atom is -0.384 e. The highest BCUT2D eigenvalue weighted by molar-refractivity contribution is 7.99. The lowest BCUT2D eigenvalue weighted by Gasteiger charge is -2.11. The molecule has 1 N–H and O–H groups in total. The van der Waals surface area contributed by atoms with Gasteiger partial charge in [0.1, 0.15) is 0 Å². The van der Waals surface area contributed by atoms with Gasteiger partial charge in [0.05, 0.1) is 0 Å². The molecule has 116 valence electrons. The molecule has 0 saturated carbocycles. The van der Waals surface area contributed by atoms with Crippen LogP contribution in [0.25, 0.3) is 6.08 Å². The molecule has 0 fully saturated rings. The van der Waals surface area contributed by atoms with Crippen molar-refractivity contribution in [2.45, 2.75) is 11.8 Å². The second kappa shape index (κ2) is 8.54. The zero-order valence-corrected chi connectivity index (χ0v) is 14.4. The molecule has 0 aromatic heterocycles. The quantitative estimate of drug-likeness (QED) is 0.725. The van der Waals surface area contributed by atoms with E-state index in [0.29, 0.717) is 0 Å². The number of nitrogens with one attached hydrogen (secondary N) is 1. The lowest BCUT2D eigenvalue weighted by molar-refractivity contribution is 1.13. The third-order valence-corrected chi connectivity index (χ3v) is 4.34. The van der Waals surface area contributed by atoms with E-state index in [1.54, 1.807) is 0 Å². The van der Waals surface area contributed by atoms with Crippen molar-refractivity contribution < 1.29 is 0 Å². The number of rotatable bonds is 7. The summed E-state index contributed by atoms with van der Waals surface area (Å²) in [5.74, 6) is 0.970. The Labute approximate surface area is 138 Å². The molecule has 0 saturated heterocycles. The Balaban J connectivity index is 1.90. The summed E-state index contributed by atoms with van der Waals surface area (Å²) in [6.07, 6.45) is 4.40. The minimum atomic E-state index is 0.950. The number of anilines is 2. The Hall–Kier alpha value is -1.87. The maximum atomic E-state index is 3.40. The molecule has 0 aliphatic rings. The van der Waals surface area contributed by atoms with Crippen LogP contribution < -0.4 is 10.2 Å². The molecule has 3 heteroatoms. The Morgan fingerprint density at radius 1 is 1.05 bits per heavy atom. The first-order chi connectivity index (χ1) is 10.7. The van der Waals surface area contributed by atoms with Crippen molar-refractivity contribution in [3.05, 3.63) is 60.2 Å². The van der Waals surface area contributed by atoms with Gasteiger partial charge in [-0.25, -0.2) is 0 Å². The van der Waals surface area contributed by atoms with Crippen molar-refractivity contribution in [3.8, 4) is 0 Å². The third kappa shape index (κ3) is 4.85. The second-order valence-electron chi connectivity index (χ2n) is 5.23. The molecule has 0 spiro atoms. The Morgan fingerprint density at radius 3 is 2.45 bits per heavy atom. The number of hydrogen-bond acceptors (Lipinski definition) is 3. The van der Waals surface area contributed by atoms with Crippen LogP contribution in [0.5, 0.6) is 0 Å². The molecular weight excluding hydrogens is 288 g/mol. The Kier molecular flexibility index (Phi) is 6.41. The average molecular weight is 312 g/mol. The Morgan fingerprint density at radius 2 is 1.77 bits per heavy atom. The minimum absolute atomic E-state index is 0.950. The van der Waals surface area contributed by atoms with E-state index >= 15 is 0 Å². The van der Waals surface area contributed by atoms with Crippen LogP contribution in [0.3, 0.4) is 0 Å². The summed E-state index contributed by atoms with van der Waals surface area (Å²) < 4.78 is 0. The molecular formula is C19H24N2S. The zero-order chi connectivity index (χ0) is 15.8. The predicted octanol–water partition coefficient (Wildman–Crippen LogP) is 4.99. The first-order valence-corrected chi connectivity index (χ1v) is 8.59. The van der Waals surface area contributed by atoms with E-state index in [-0.39, 0.29) is 0 Å². The van der Waals surface area contributed by atoms with Crippen LogP contribution >= 0.6 is 11.8 Å². The molecule has 0 atom stereocenters. The molecule has 22 heavy (non-hydrogen) atoms. The summed E-state index contributed by atoms with van der Waals surface area (Å²) in [4.78, 5) is 3.41. The number of para-hydroxylation sites is 1. The molecule has 2 aromatic carbocycles. The number of nitrogens with zero attached hydrogens (tertiary/aromatic N) is 1. The summed E-state index contributed by atoms with van der Waals surface area (Å²) in [5, 5.41) is 3.40. The maximum Gasteiger partial charge on any atom is 0.0478 e. The van der Waals surface area contributed by atoms with Gasteiger partial charge in [-0.15, -0.1) is 11.8 Å². The van der Waals surface area contributed by atoms with E-state index in [2.05, 4.69) is 91.9 Å². The van der Waals surface area contributed by atoms with E-state index in [0.717, 1.165) is 12.3 Å². The highest BCUT2D eigenvalue weighted by Crippen LogP contribution is 2.27. The fourth-order valence-corrected chi connectivity index (χ4v) is 2.98. The molecule has 0 heterocycles. The lowest BCUT2D eigenvalue weighted by Crippen LogP contribution is -2.07. The zero-order valence-electron chi connectivity index (χ0n) is 13.5. The van der Waals surface area contributed by atoms with Gasteiger partial charge in [-0.2, -0.15) is 0 Å². The monoisotopic (exact) mass is 312 g/mol.